The minimum absolute atomic E-state index is 0.382. The van der Waals surface area contributed by atoms with Crippen LogP contribution < -0.4 is 0 Å². The average Bonchev–Trinajstić information content (AvgIpc) is 3.24. The topological polar surface area (TPSA) is 67.0 Å². The zero-order valence-corrected chi connectivity index (χ0v) is 13.6. The van der Waals surface area contributed by atoms with Gasteiger partial charge in [0.15, 0.2) is 0 Å². The van der Waals surface area contributed by atoms with E-state index in [1.807, 2.05) is 37.4 Å². The Hall–Kier alpha value is -2.41. The second kappa shape index (κ2) is 5.04. The Morgan fingerprint density at radius 2 is 1.83 bits per heavy atom. The number of hydrogen-bond acceptors (Lipinski definition) is 7. The van der Waals surface area contributed by atoms with E-state index in [0.29, 0.717) is 23.5 Å². The molecule has 124 valence electrons. The Bertz CT molecular complexity index is 781. The third kappa shape index (κ3) is 1.91. The number of hydrogen-bond donors (Lipinski definition) is 0. The van der Waals surface area contributed by atoms with Crippen LogP contribution in [0.3, 0.4) is 0 Å². The third-order valence-electron chi connectivity index (χ3n) is 5.49. The van der Waals surface area contributed by atoms with E-state index in [1.165, 1.54) is 0 Å². The van der Waals surface area contributed by atoms with Crippen LogP contribution in [0.25, 0.3) is 11.5 Å². The molecule has 3 fully saturated rings. The minimum atomic E-state index is -0.382. The molecule has 0 saturated carbocycles. The first-order valence-corrected chi connectivity index (χ1v) is 8.38. The molecule has 7 nitrogen and oxygen atoms in total. The fourth-order valence-corrected chi connectivity index (χ4v) is 4.09. The predicted octanol–water partition coefficient (Wildman–Crippen LogP) is 1.78. The predicted molar refractivity (Wildman–Crippen MR) is 87.0 cm³/mol. The molecule has 2 bridgehead atoms. The van der Waals surface area contributed by atoms with Gasteiger partial charge in [-0.25, -0.2) is 0 Å². The van der Waals surface area contributed by atoms with Gasteiger partial charge in [0.05, 0.1) is 6.54 Å². The molecule has 0 radical (unpaired) electrons. The fourth-order valence-electron chi connectivity index (χ4n) is 4.09. The molecule has 5 heterocycles. The summed E-state index contributed by atoms with van der Waals surface area (Å²) in [6.45, 7) is 3.18. The molecular formula is C17H19N5O2. The summed E-state index contributed by atoms with van der Waals surface area (Å²) >= 11 is 0. The van der Waals surface area contributed by atoms with Crippen molar-refractivity contribution in [2.24, 2.45) is 11.1 Å². The summed E-state index contributed by atoms with van der Waals surface area (Å²) in [5, 5.41) is 12.6. The molecule has 0 aliphatic carbocycles. The normalized spacial score (nSPS) is 31.4. The number of aromatic nitrogens is 2. The van der Waals surface area contributed by atoms with Crippen molar-refractivity contribution in [3.05, 3.63) is 36.2 Å². The molecule has 3 saturated heterocycles. The number of likely N-dealkylation sites (N-methyl/N-ethyl adjacent to an activating group) is 1. The fraction of sp³-hybridized carbons (Fsp3) is 0.471. The third-order valence-corrected chi connectivity index (χ3v) is 5.49. The zero-order valence-electron chi connectivity index (χ0n) is 13.6. The Morgan fingerprint density at radius 1 is 1.08 bits per heavy atom. The van der Waals surface area contributed by atoms with Crippen LogP contribution in [0.5, 0.6) is 0 Å². The Kier molecular flexibility index (Phi) is 2.94. The van der Waals surface area contributed by atoms with Crippen molar-refractivity contribution in [1.82, 2.24) is 20.0 Å². The van der Waals surface area contributed by atoms with Gasteiger partial charge in [-0.15, -0.1) is 10.2 Å². The van der Waals surface area contributed by atoms with E-state index < -0.39 is 0 Å². The van der Waals surface area contributed by atoms with Gasteiger partial charge in [-0.1, -0.05) is 23.4 Å². The second-order valence-corrected chi connectivity index (χ2v) is 6.74. The molecule has 4 aliphatic heterocycles. The standard InChI is InChI=1S/C17H19N5O2/c1-21-14(16-19-18-15(23-16)12-5-3-2-4-6-12)20-24-17(21)11-22-9-7-13(17)8-10-22/h2-6,13H,7-11H2,1H3/t17-/m0/s1. The summed E-state index contributed by atoms with van der Waals surface area (Å²) in [5.74, 6) is 2.02. The number of nitrogens with zero attached hydrogens (tertiary/aromatic N) is 5. The first kappa shape index (κ1) is 14.0. The van der Waals surface area contributed by atoms with Gasteiger partial charge in [-0.05, 0) is 38.1 Å². The molecule has 1 aromatic carbocycles. The maximum atomic E-state index is 5.95. The van der Waals surface area contributed by atoms with Gasteiger partial charge in [-0.2, -0.15) is 0 Å². The number of amidine groups is 1. The lowest BCUT2D eigenvalue weighted by Crippen LogP contribution is -2.65. The van der Waals surface area contributed by atoms with Crippen LogP contribution in [-0.4, -0.2) is 58.2 Å². The van der Waals surface area contributed by atoms with Gasteiger partial charge >= 0.3 is 0 Å². The molecule has 1 spiro atoms. The van der Waals surface area contributed by atoms with E-state index in [2.05, 4.69) is 25.2 Å². The van der Waals surface area contributed by atoms with Crippen LogP contribution in [0.15, 0.2) is 39.9 Å². The molecule has 0 N–H and O–H groups in total. The van der Waals surface area contributed by atoms with Crippen molar-refractivity contribution < 1.29 is 9.25 Å². The smallest absolute Gasteiger partial charge is 0.287 e. The number of oxime groups is 1. The molecule has 6 rings (SSSR count). The molecule has 0 unspecified atom stereocenters. The van der Waals surface area contributed by atoms with E-state index in [-0.39, 0.29) is 5.72 Å². The second-order valence-electron chi connectivity index (χ2n) is 6.74. The zero-order chi connectivity index (χ0) is 16.1. The summed E-state index contributed by atoms with van der Waals surface area (Å²) in [7, 11) is 2.01. The largest absolute Gasteiger partial charge is 0.413 e. The van der Waals surface area contributed by atoms with E-state index in [9.17, 15) is 0 Å². The van der Waals surface area contributed by atoms with Gasteiger partial charge in [-0.3, -0.25) is 4.90 Å². The molecule has 7 heteroatoms. The summed E-state index contributed by atoms with van der Waals surface area (Å²) in [6, 6.07) is 9.75. The molecule has 1 aromatic heterocycles. The highest BCUT2D eigenvalue weighted by Crippen LogP contribution is 2.43. The number of piperidine rings is 3. The highest BCUT2D eigenvalue weighted by Gasteiger charge is 2.56. The van der Waals surface area contributed by atoms with Gasteiger partial charge < -0.3 is 14.2 Å². The van der Waals surface area contributed by atoms with E-state index in [0.717, 1.165) is 38.0 Å². The van der Waals surface area contributed by atoms with Gasteiger partial charge in [0.2, 0.25) is 17.5 Å². The van der Waals surface area contributed by atoms with E-state index >= 15 is 0 Å². The molecule has 0 amide bonds. The van der Waals surface area contributed by atoms with E-state index in [4.69, 9.17) is 9.25 Å². The van der Waals surface area contributed by atoms with Gasteiger partial charge in [0, 0.05) is 18.5 Å². The van der Waals surface area contributed by atoms with Crippen LogP contribution in [0.1, 0.15) is 18.7 Å². The van der Waals surface area contributed by atoms with Crippen molar-refractivity contribution in [2.75, 3.05) is 26.7 Å². The van der Waals surface area contributed by atoms with Crippen LogP contribution in [0, 0.1) is 5.92 Å². The maximum absolute atomic E-state index is 5.95. The summed E-state index contributed by atoms with van der Waals surface area (Å²) in [4.78, 5) is 10.5. The monoisotopic (exact) mass is 325 g/mol. The highest BCUT2D eigenvalue weighted by atomic mass is 16.7. The van der Waals surface area contributed by atoms with Gasteiger partial charge in [0.25, 0.3) is 5.89 Å². The van der Waals surface area contributed by atoms with E-state index in [1.54, 1.807) is 0 Å². The number of fused-ring (bicyclic) bond motifs is 2. The first-order valence-electron chi connectivity index (χ1n) is 8.38. The molecule has 4 aliphatic rings. The first-order chi connectivity index (χ1) is 11.8. The van der Waals surface area contributed by atoms with Crippen molar-refractivity contribution in [3.63, 3.8) is 0 Å². The summed E-state index contributed by atoms with van der Waals surface area (Å²) in [6.07, 6.45) is 2.29. The SMILES string of the molecule is CN1C(c2nnc(-c3ccccc3)o2)=NO[C@]12CN1CCC2CC1. The maximum Gasteiger partial charge on any atom is 0.287 e. The average molecular weight is 325 g/mol. The van der Waals surface area contributed by atoms with Crippen molar-refractivity contribution >= 4 is 5.84 Å². The molecular weight excluding hydrogens is 306 g/mol. The molecule has 2 aromatic rings. The highest BCUT2D eigenvalue weighted by molar-refractivity contribution is 5.95. The Morgan fingerprint density at radius 3 is 2.54 bits per heavy atom. The Balaban J connectivity index is 1.44. The quantitative estimate of drug-likeness (QED) is 0.838. The van der Waals surface area contributed by atoms with Crippen molar-refractivity contribution in [3.8, 4) is 11.5 Å². The van der Waals surface area contributed by atoms with Crippen LogP contribution in [-0.2, 0) is 4.84 Å². The molecule has 24 heavy (non-hydrogen) atoms. The van der Waals surface area contributed by atoms with Crippen molar-refractivity contribution in [1.29, 1.82) is 0 Å². The molecule has 1 atom stereocenters. The summed E-state index contributed by atoms with van der Waals surface area (Å²) in [5.41, 5.74) is 0.517. The number of rotatable bonds is 2. The van der Waals surface area contributed by atoms with Crippen LogP contribution in [0.4, 0.5) is 0 Å². The Labute approximate surface area is 139 Å². The minimum Gasteiger partial charge on any atom is -0.413 e. The number of benzene rings is 1. The van der Waals surface area contributed by atoms with Crippen LogP contribution in [0.2, 0.25) is 0 Å². The van der Waals surface area contributed by atoms with Crippen LogP contribution >= 0.6 is 0 Å². The lowest BCUT2D eigenvalue weighted by atomic mass is 9.80. The van der Waals surface area contributed by atoms with Gasteiger partial charge in [0.1, 0.15) is 0 Å². The summed E-state index contributed by atoms with van der Waals surface area (Å²) < 4.78 is 5.85. The lowest BCUT2D eigenvalue weighted by Gasteiger charge is -2.52. The van der Waals surface area contributed by atoms with Crippen molar-refractivity contribution in [2.45, 2.75) is 18.6 Å². The lowest BCUT2D eigenvalue weighted by molar-refractivity contribution is -0.190.